The van der Waals surface area contributed by atoms with Crippen molar-refractivity contribution < 1.29 is 44.7 Å². The predicted octanol–water partition coefficient (Wildman–Crippen LogP) is 3.29. The standard InChI is InChI=1S/C15H17O3.C5H5.2CO.W/c1-11(15(17)18-3)10-14-7-5-4-6-13(14)9-8-12(2)16;1-2-4-5-3-1;2*1-2;/h4-7,10H,1,8-9H2,2-3H3;1-5H;;;/q;;;;+2. The van der Waals surface area contributed by atoms with Crippen LogP contribution in [-0.2, 0) is 51.1 Å². The summed E-state index contributed by atoms with van der Waals surface area (Å²) < 4.78 is 19.6. The number of ether oxygens (including phenoxy) is 1. The summed E-state index contributed by atoms with van der Waals surface area (Å²) in [6, 6.07) is 7.63. The third kappa shape index (κ3) is 15.6. The molecule has 0 unspecified atom stereocenters. The van der Waals surface area contributed by atoms with Crippen molar-refractivity contribution in [1.29, 1.82) is 0 Å². The summed E-state index contributed by atoms with van der Waals surface area (Å²) in [5, 5.41) is 0. The Hall–Kier alpha value is -1.47. The number of hydrogen-bond acceptors (Lipinski definition) is 3. The Bertz CT molecular complexity index is 563. The molecule has 0 aliphatic heterocycles. The summed E-state index contributed by atoms with van der Waals surface area (Å²) in [5.41, 5.74) is 1.92. The van der Waals surface area contributed by atoms with E-state index in [0.717, 1.165) is 11.1 Å². The molecule has 28 heavy (non-hydrogen) atoms. The van der Waals surface area contributed by atoms with E-state index in [0.29, 0.717) is 18.8 Å². The van der Waals surface area contributed by atoms with Crippen molar-refractivity contribution in [1.82, 2.24) is 0 Å². The summed E-state index contributed by atoms with van der Waals surface area (Å²) in [7, 11) is 1.32. The van der Waals surface area contributed by atoms with Crippen LogP contribution in [0.25, 0.3) is 0 Å². The average molecular weight is 550 g/mol. The number of esters is 1. The molecule has 1 aromatic rings. The van der Waals surface area contributed by atoms with Crippen molar-refractivity contribution in [2.75, 3.05) is 7.11 Å². The van der Waals surface area contributed by atoms with Gasteiger partial charge in [-0.15, -0.1) is 0 Å². The molecule has 1 aliphatic rings. The average Bonchev–Trinajstić information content (AvgIpc) is 3.30. The summed E-state index contributed by atoms with van der Waals surface area (Å²) in [5.74, 6) is 0.000688. The molecule has 0 N–H and O–H groups in total. The molecule has 0 bridgehead atoms. The number of carbonyl (C=O) groups excluding carboxylic acids is 2. The fraction of sp³-hybridized carbons (Fsp3) is 0.182. The molecule has 6 heteroatoms. The number of methoxy groups -OCH3 is 1. The van der Waals surface area contributed by atoms with Gasteiger partial charge in [-0.2, -0.15) is 0 Å². The van der Waals surface area contributed by atoms with E-state index in [1.807, 2.05) is 56.4 Å². The quantitative estimate of drug-likeness (QED) is 0.310. The van der Waals surface area contributed by atoms with Gasteiger partial charge in [0.15, 0.2) is 0 Å². The maximum absolute atomic E-state index is 11.3. The first-order valence-corrected chi connectivity index (χ1v) is 7.81. The van der Waals surface area contributed by atoms with Crippen LogP contribution in [-0.4, -0.2) is 18.9 Å². The van der Waals surface area contributed by atoms with E-state index in [4.69, 9.17) is 9.30 Å². The topological polar surface area (TPSA) is 83.2 Å². The number of ketones is 1. The van der Waals surface area contributed by atoms with Crippen molar-refractivity contribution in [2.45, 2.75) is 19.8 Å². The first-order valence-electron chi connectivity index (χ1n) is 7.81. The molecule has 1 fully saturated rings. The van der Waals surface area contributed by atoms with Crippen LogP contribution in [0.5, 0.6) is 0 Å². The van der Waals surface area contributed by atoms with Gasteiger partial charge in [-0.25, -0.2) is 0 Å². The van der Waals surface area contributed by atoms with Crippen LogP contribution in [0.15, 0.2) is 24.3 Å². The van der Waals surface area contributed by atoms with E-state index in [9.17, 15) is 9.59 Å². The summed E-state index contributed by atoms with van der Waals surface area (Å²) in [4.78, 5) is 22.3. The molecule has 8 radical (unpaired) electrons. The zero-order chi connectivity index (χ0) is 21.1. The molecule has 2 rings (SSSR count). The second-order valence-electron chi connectivity index (χ2n) is 5.02. The second-order valence-corrected chi connectivity index (χ2v) is 5.02. The van der Waals surface area contributed by atoms with E-state index in [2.05, 4.69) is 25.0 Å². The van der Waals surface area contributed by atoms with Gasteiger partial charge in [0.05, 0.1) is 13.0 Å². The minimum Gasteiger partial charge on any atom is -0.469 e. The van der Waals surface area contributed by atoms with Crippen LogP contribution in [0.2, 0.25) is 0 Å². The van der Waals surface area contributed by atoms with Gasteiger partial charge in [0.1, 0.15) is 5.78 Å². The molecule has 1 saturated carbocycles. The van der Waals surface area contributed by atoms with Crippen LogP contribution < -0.4 is 0 Å². The van der Waals surface area contributed by atoms with Gasteiger partial charge in [0.2, 0.25) is 0 Å². The smallest absolute Gasteiger partial charge is 0.469 e. The number of hydrogen-bond donors (Lipinski definition) is 0. The molecule has 144 valence electrons. The monoisotopic (exact) mass is 550 g/mol. The molecule has 0 spiro atoms. The molecule has 0 aromatic heterocycles. The maximum atomic E-state index is 11.3. The zero-order valence-corrected chi connectivity index (χ0v) is 18.8. The Labute approximate surface area is 183 Å². The first-order chi connectivity index (χ1) is 13.0. The number of rotatable bonds is 6. The molecule has 1 aliphatic carbocycles. The third-order valence-electron chi connectivity index (χ3n) is 3.13. The molecular formula is C22H22O5W+2. The van der Waals surface area contributed by atoms with Crippen molar-refractivity contribution in [3.05, 3.63) is 100 Å². The van der Waals surface area contributed by atoms with Gasteiger partial charge in [-0.3, -0.25) is 4.79 Å². The Kier molecular flexibility index (Phi) is 24.3. The van der Waals surface area contributed by atoms with Crippen LogP contribution in [0.3, 0.4) is 0 Å². The van der Waals surface area contributed by atoms with Gasteiger partial charge in [-0.05, 0) is 63.5 Å². The van der Waals surface area contributed by atoms with Crippen LogP contribution in [0.1, 0.15) is 24.5 Å². The van der Waals surface area contributed by atoms with Crippen LogP contribution >= 0.6 is 0 Å². The molecule has 0 heterocycles. The molecule has 1 aromatic carbocycles. The zero-order valence-electron chi connectivity index (χ0n) is 15.8. The van der Waals surface area contributed by atoms with Crippen molar-refractivity contribution in [2.24, 2.45) is 0 Å². The van der Waals surface area contributed by atoms with E-state index >= 15 is 0 Å². The number of Topliss-reactive ketones (excluding diaryl/α,β-unsaturated/α-hetero) is 1. The Morgan fingerprint density at radius 2 is 1.50 bits per heavy atom. The van der Waals surface area contributed by atoms with E-state index in [-0.39, 0.29) is 26.8 Å². The third-order valence-corrected chi connectivity index (χ3v) is 3.13. The second kappa shape index (κ2) is 21.8. The Morgan fingerprint density at radius 1 is 1.04 bits per heavy atom. The molecule has 0 atom stereocenters. The molecule has 5 nitrogen and oxygen atoms in total. The van der Waals surface area contributed by atoms with Gasteiger partial charge >= 0.3 is 49.6 Å². The summed E-state index contributed by atoms with van der Waals surface area (Å²) in [6.07, 6.45) is 12.8. The number of aryl methyl sites for hydroxylation is 1. The fourth-order valence-electron chi connectivity index (χ4n) is 1.91. The van der Waals surface area contributed by atoms with Crippen molar-refractivity contribution >= 4 is 11.8 Å². The van der Waals surface area contributed by atoms with Gasteiger partial charge in [0.25, 0.3) is 0 Å². The largest absolute Gasteiger partial charge is 2.00 e. The minimum absolute atomic E-state index is 0. The SMILES string of the molecule is [C-]#[O+].[C-]#[O+].[CH2][C]([CH]c1ccccc1CCC(C)=O)C(=O)OC.[CH]1[CH][CH][CH][CH]1.[W+2]. The van der Waals surface area contributed by atoms with Gasteiger partial charge in [-0.1, -0.05) is 24.3 Å². The van der Waals surface area contributed by atoms with Crippen LogP contribution in [0, 0.1) is 64.7 Å². The van der Waals surface area contributed by atoms with Gasteiger partial charge < -0.3 is 9.53 Å². The molecule has 0 amide bonds. The number of carbonyl (C=O) groups is 2. The molecule has 0 saturated heterocycles. The van der Waals surface area contributed by atoms with Crippen LogP contribution in [0.4, 0.5) is 0 Å². The normalized spacial score (nSPS) is 11.1. The maximum Gasteiger partial charge on any atom is 2.00 e. The number of benzene rings is 1. The predicted molar refractivity (Wildman–Crippen MR) is 98.8 cm³/mol. The van der Waals surface area contributed by atoms with Crippen molar-refractivity contribution in [3.8, 4) is 0 Å². The fourth-order valence-corrected chi connectivity index (χ4v) is 1.91. The summed E-state index contributed by atoms with van der Waals surface area (Å²) in [6.45, 7) is 14.2. The summed E-state index contributed by atoms with van der Waals surface area (Å²) >= 11 is 0. The van der Waals surface area contributed by atoms with E-state index in [1.165, 1.54) is 7.11 Å². The minimum atomic E-state index is -0.448. The Morgan fingerprint density at radius 3 is 1.93 bits per heavy atom. The van der Waals surface area contributed by atoms with E-state index < -0.39 is 5.97 Å². The van der Waals surface area contributed by atoms with E-state index in [1.54, 1.807) is 13.3 Å². The van der Waals surface area contributed by atoms with Crippen molar-refractivity contribution in [3.63, 3.8) is 0 Å². The van der Waals surface area contributed by atoms with Gasteiger partial charge in [0, 0.05) is 12.8 Å². The Balaban J connectivity index is -0.000000524. The first kappa shape index (κ1) is 31.2. The molecular weight excluding hydrogens is 528 g/mol.